The fourth-order valence-corrected chi connectivity index (χ4v) is 2.27. The Hall–Kier alpha value is -2.36. The molecule has 1 aliphatic rings. The largest absolute Gasteiger partial charge is 0.444 e. The minimum Gasteiger partial charge on any atom is -0.444 e. The van der Waals surface area contributed by atoms with Gasteiger partial charge >= 0.3 is 6.09 Å². The van der Waals surface area contributed by atoms with Gasteiger partial charge in [-0.1, -0.05) is 0 Å². The molecule has 1 saturated heterocycles. The van der Waals surface area contributed by atoms with E-state index in [1.54, 1.807) is 4.90 Å². The second kappa shape index (κ2) is 6.18. The second-order valence-corrected chi connectivity index (χ2v) is 6.35. The van der Waals surface area contributed by atoms with Crippen LogP contribution in [0.15, 0.2) is 12.4 Å². The van der Waals surface area contributed by atoms with Crippen LogP contribution in [0.5, 0.6) is 0 Å². The van der Waals surface area contributed by atoms with E-state index in [0.717, 1.165) is 0 Å². The lowest BCUT2D eigenvalue weighted by Gasteiger charge is -2.40. The Morgan fingerprint density at radius 3 is 2.50 bits per heavy atom. The Labute approximate surface area is 130 Å². The maximum atomic E-state index is 12.2. The molecule has 0 saturated carbocycles. The zero-order chi connectivity index (χ0) is 16.3. The van der Waals surface area contributed by atoms with Crippen molar-refractivity contribution in [2.45, 2.75) is 39.3 Å². The summed E-state index contributed by atoms with van der Waals surface area (Å²) in [7, 11) is 0. The monoisotopic (exact) mass is 303 g/mol. The van der Waals surface area contributed by atoms with Crippen molar-refractivity contribution >= 4 is 12.0 Å². The number of nitrogens with zero attached hydrogens (tertiary/aromatic N) is 5. The van der Waals surface area contributed by atoms with Crippen LogP contribution in [0.2, 0.25) is 0 Å². The maximum Gasteiger partial charge on any atom is 0.410 e. The van der Waals surface area contributed by atoms with Crippen LogP contribution in [0.4, 0.5) is 10.7 Å². The van der Waals surface area contributed by atoms with Crippen LogP contribution in [-0.2, 0) is 4.74 Å². The van der Waals surface area contributed by atoms with Gasteiger partial charge in [0.25, 0.3) is 0 Å². The molecule has 1 aromatic heterocycles. The molecule has 1 atom stereocenters. The molecule has 1 aliphatic heterocycles. The highest BCUT2D eigenvalue weighted by atomic mass is 16.6. The Bertz CT molecular complexity index is 573. The molecule has 7 heteroatoms. The van der Waals surface area contributed by atoms with Gasteiger partial charge in [-0.15, -0.1) is 0 Å². The first-order valence-corrected chi connectivity index (χ1v) is 7.27. The number of hydrogen-bond donors (Lipinski definition) is 0. The number of rotatable bonds is 1. The number of aromatic nitrogens is 2. The summed E-state index contributed by atoms with van der Waals surface area (Å²) in [6.07, 6.45) is 2.72. The van der Waals surface area contributed by atoms with Gasteiger partial charge in [0.15, 0.2) is 0 Å². The van der Waals surface area contributed by atoms with Gasteiger partial charge in [0.2, 0.25) is 5.95 Å². The summed E-state index contributed by atoms with van der Waals surface area (Å²) in [5.41, 5.74) is -0.0614. The molecular formula is C15H21N5O2. The summed E-state index contributed by atoms with van der Waals surface area (Å²) in [5, 5.41) is 8.77. The van der Waals surface area contributed by atoms with Crippen LogP contribution in [0.25, 0.3) is 0 Å². The van der Waals surface area contributed by atoms with E-state index in [1.807, 2.05) is 38.7 Å². The topological polar surface area (TPSA) is 82.4 Å². The summed E-state index contributed by atoms with van der Waals surface area (Å²) in [5.74, 6) is 0.578. The fourth-order valence-electron chi connectivity index (χ4n) is 2.27. The molecule has 0 aromatic carbocycles. The number of carbonyl (C=O) groups is 1. The van der Waals surface area contributed by atoms with Crippen LogP contribution >= 0.6 is 0 Å². The molecule has 22 heavy (non-hydrogen) atoms. The van der Waals surface area contributed by atoms with Crippen molar-refractivity contribution in [1.29, 1.82) is 5.26 Å². The summed E-state index contributed by atoms with van der Waals surface area (Å²) in [4.78, 5) is 24.3. The first kappa shape index (κ1) is 16.0. The van der Waals surface area contributed by atoms with E-state index in [2.05, 4.69) is 9.97 Å². The number of nitriles is 1. The van der Waals surface area contributed by atoms with Crippen molar-refractivity contribution in [2.24, 2.45) is 0 Å². The normalized spacial score (nSPS) is 18.8. The highest BCUT2D eigenvalue weighted by molar-refractivity contribution is 5.69. The number of ether oxygens (including phenoxy) is 1. The highest BCUT2D eigenvalue weighted by Crippen LogP contribution is 2.18. The van der Waals surface area contributed by atoms with E-state index in [-0.39, 0.29) is 12.1 Å². The molecular weight excluding hydrogens is 282 g/mol. The quantitative estimate of drug-likeness (QED) is 0.786. The molecule has 118 valence electrons. The molecule has 1 fully saturated rings. The van der Waals surface area contributed by atoms with E-state index in [0.29, 0.717) is 31.1 Å². The Morgan fingerprint density at radius 1 is 1.36 bits per heavy atom. The van der Waals surface area contributed by atoms with Crippen molar-refractivity contribution in [3.05, 3.63) is 18.0 Å². The fraction of sp³-hybridized carbons (Fsp3) is 0.600. The van der Waals surface area contributed by atoms with Crippen LogP contribution in [0.3, 0.4) is 0 Å². The van der Waals surface area contributed by atoms with E-state index in [4.69, 9.17) is 10.00 Å². The summed E-state index contributed by atoms with van der Waals surface area (Å²) >= 11 is 0. The van der Waals surface area contributed by atoms with Gasteiger partial charge < -0.3 is 14.5 Å². The van der Waals surface area contributed by atoms with Crippen LogP contribution in [0.1, 0.15) is 33.3 Å². The third-order valence-electron chi connectivity index (χ3n) is 3.31. The lowest BCUT2D eigenvalue weighted by Crippen LogP contribution is -2.55. The van der Waals surface area contributed by atoms with Gasteiger partial charge in [-0.3, -0.25) is 0 Å². The molecule has 0 unspecified atom stereocenters. The predicted octanol–water partition coefficient (Wildman–Crippen LogP) is 1.79. The summed E-state index contributed by atoms with van der Waals surface area (Å²) < 4.78 is 5.42. The molecule has 7 nitrogen and oxygen atoms in total. The molecule has 2 rings (SSSR count). The smallest absolute Gasteiger partial charge is 0.410 e. The first-order chi connectivity index (χ1) is 10.3. The molecule has 0 bridgehead atoms. The molecule has 0 aliphatic carbocycles. The number of piperazine rings is 1. The van der Waals surface area contributed by atoms with Crippen LogP contribution in [0, 0.1) is 11.3 Å². The zero-order valence-electron chi connectivity index (χ0n) is 13.4. The summed E-state index contributed by atoms with van der Waals surface area (Å²) in [6, 6.07) is 2.00. The minimum atomic E-state index is -0.496. The Kier molecular flexibility index (Phi) is 4.50. The SMILES string of the molecule is C[C@@H]1CN(c2ncc(C#N)cn2)CCN1C(=O)OC(C)(C)C. The van der Waals surface area contributed by atoms with Crippen molar-refractivity contribution < 1.29 is 9.53 Å². The third-order valence-corrected chi connectivity index (χ3v) is 3.31. The molecule has 1 aromatic rings. The number of hydrogen-bond acceptors (Lipinski definition) is 6. The maximum absolute atomic E-state index is 12.2. The van der Waals surface area contributed by atoms with Gasteiger partial charge in [-0.2, -0.15) is 5.26 Å². The number of anilines is 1. The summed E-state index contributed by atoms with van der Waals surface area (Å²) in [6.45, 7) is 9.36. The highest BCUT2D eigenvalue weighted by Gasteiger charge is 2.31. The van der Waals surface area contributed by atoms with Crippen molar-refractivity contribution in [2.75, 3.05) is 24.5 Å². The number of carbonyl (C=O) groups excluding carboxylic acids is 1. The average molecular weight is 303 g/mol. The Morgan fingerprint density at radius 2 is 2.00 bits per heavy atom. The van der Waals surface area contributed by atoms with Crippen molar-refractivity contribution in [1.82, 2.24) is 14.9 Å². The van der Waals surface area contributed by atoms with Gasteiger partial charge in [-0.05, 0) is 27.7 Å². The van der Waals surface area contributed by atoms with Gasteiger partial charge in [0.1, 0.15) is 11.7 Å². The molecule has 1 amide bonds. The lowest BCUT2D eigenvalue weighted by atomic mass is 10.2. The molecule has 0 N–H and O–H groups in total. The molecule has 0 radical (unpaired) electrons. The van der Waals surface area contributed by atoms with Crippen molar-refractivity contribution in [3.8, 4) is 6.07 Å². The van der Waals surface area contributed by atoms with Gasteiger partial charge in [0.05, 0.1) is 18.0 Å². The predicted molar refractivity (Wildman–Crippen MR) is 81.4 cm³/mol. The molecule has 2 heterocycles. The lowest BCUT2D eigenvalue weighted by molar-refractivity contribution is 0.0158. The van der Waals surface area contributed by atoms with E-state index in [9.17, 15) is 4.79 Å². The van der Waals surface area contributed by atoms with Gasteiger partial charge in [-0.25, -0.2) is 14.8 Å². The van der Waals surface area contributed by atoms with Crippen LogP contribution < -0.4 is 4.90 Å². The standard InChI is InChI=1S/C15H21N5O2/c1-11-10-19(13-17-8-12(7-16)9-18-13)5-6-20(11)14(21)22-15(2,3)4/h8-9,11H,5-6,10H2,1-4H3/t11-/m1/s1. The minimum absolute atomic E-state index is 0.00263. The van der Waals surface area contributed by atoms with Crippen LogP contribution in [-0.4, -0.2) is 52.2 Å². The number of amides is 1. The third kappa shape index (κ3) is 3.85. The van der Waals surface area contributed by atoms with E-state index >= 15 is 0 Å². The average Bonchev–Trinajstić information content (AvgIpc) is 2.45. The molecule has 0 spiro atoms. The van der Waals surface area contributed by atoms with Gasteiger partial charge in [0, 0.05) is 25.7 Å². The zero-order valence-corrected chi connectivity index (χ0v) is 13.4. The second-order valence-electron chi connectivity index (χ2n) is 6.35. The first-order valence-electron chi connectivity index (χ1n) is 7.27. The Balaban J connectivity index is 2.00. The van der Waals surface area contributed by atoms with E-state index < -0.39 is 5.60 Å². The van der Waals surface area contributed by atoms with Crippen molar-refractivity contribution in [3.63, 3.8) is 0 Å². The van der Waals surface area contributed by atoms with E-state index in [1.165, 1.54) is 12.4 Å².